The molecule has 1 unspecified atom stereocenters. The zero-order valence-corrected chi connectivity index (χ0v) is 18.0. The molecule has 0 radical (unpaired) electrons. The van der Waals surface area contributed by atoms with E-state index in [4.69, 9.17) is 9.47 Å². The first-order valence-electron chi connectivity index (χ1n) is 10.3. The van der Waals surface area contributed by atoms with Gasteiger partial charge in [-0.25, -0.2) is 8.78 Å². The molecule has 0 aliphatic heterocycles. The first kappa shape index (κ1) is 22.5. The van der Waals surface area contributed by atoms with Gasteiger partial charge in [0.1, 0.15) is 17.4 Å². The van der Waals surface area contributed by atoms with Crippen LogP contribution in [0.15, 0.2) is 60.7 Å². The summed E-state index contributed by atoms with van der Waals surface area (Å²) >= 11 is 0. The Morgan fingerprint density at radius 2 is 1.45 bits per heavy atom. The van der Waals surface area contributed by atoms with E-state index in [0.717, 1.165) is 23.3 Å². The van der Waals surface area contributed by atoms with Crippen molar-refractivity contribution in [1.82, 2.24) is 0 Å². The minimum Gasteiger partial charge on any atom is -0.493 e. The molecule has 0 aliphatic rings. The third-order valence-electron chi connectivity index (χ3n) is 5.05. The smallest absolute Gasteiger partial charge is 0.142 e. The molecule has 4 heteroatoms. The van der Waals surface area contributed by atoms with Crippen molar-refractivity contribution in [2.75, 3.05) is 13.7 Å². The Kier molecular flexibility index (Phi) is 7.81. The molecule has 160 valence electrons. The molecule has 0 bridgehead atoms. The predicted octanol–water partition coefficient (Wildman–Crippen LogP) is 6.60. The third kappa shape index (κ3) is 6.16. The van der Waals surface area contributed by atoms with Crippen molar-refractivity contribution in [1.29, 1.82) is 0 Å². The van der Waals surface area contributed by atoms with E-state index in [1.165, 1.54) is 19.2 Å². The van der Waals surface area contributed by atoms with E-state index in [1.54, 1.807) is 0 Å². The zero-order chi connectivity index (χ0) is 22.2. The molecule has 2 nitrogen and oxygen atoms in total. The lowest BCUT2D eigenvalue weighted by Crippen LogP contribution is -2.06. The normalized spacial score (nSPS) is 11.5. The van der Waals surface area contributed by atoms with Crippen LogP contribution in [0.4, 0.5) is 8.78 Å². The number of rotatable bonds is 7. The van der Waals surface area contributed by atoms with Gasteiger partial charge in [0, 0.05) is 12.7 Å². The molecule has 0 heterocycles. The number of hydrogen-bond donors (Lipinski definition) is 0. The topological polar surface area (TPSA) is 18.5 Å². The van der Waals surface area contributed by atoms with Crippen molar-refractivity contribution in [3.63, 3.8) is 0 Å². The van der Waals surface area contributed by atoms with Crippen molar-refractivity contribution in [2.24, 2.45) is 5.92 Å². The van der Waals surface area contributed by atoms with Gasteiger partial charge in [-0.3, -0.25) is 0 Å². The summed E-state index contributed by atoms with van der Waals surface area (Å²) in [4.78, 5) is 0. The lowest BCUT2D eigenvalue weighted by molar-refractivity contribution is 0.184. The van der Waals surface area contributed by atoms with E-state index in [-0.39, 0.29) is 12.2 Å². The van der Waals surface area contributed by atoms with Crippen LogP contribution in [0.1, 0.15) is 37.0 Å². The first-order valence-corrected chi connectivity index (χ1v) is 10.3. The van der Waals surface area contributed by atoms with E-state index in [1.807, 2.05) is 48.5 Å². The Labute approximate surface area is 182 Å². The quantitative estimate of drug-likeness (QED) is 0.401. The molecule has 0 spiro atoms. The molecular weight excluding hydrogens is 394 g/mol. The summed E-state index contributed by atoms with van der Waals surface area (Å²) in [6, 6.07) is 18.0. The molecule has 31 heavy (non-hydrogen) atoms. The summed E-state index contributed by atoms with van der Waals surface area (Å²) in [6.45, 7) is 5.17. The molecule has 0 aromatic heterocycles. The number of ether oxygens (including phenoxy) is 2. The van der Waals surface area contributed by atoms with Gasteiger partial charge >= 0.3 is 0 Å². The van der Waals surface area contributed by atoms with Crippen LogP contribution in [-0.4, -0.2) is 13.7 Å². The van der Waals surface area contributed by atoms with Crippen LogP contribution in [0.25, 0.3) is 11.1 Å². The molecule has 0 fully saturated rings. The van der Waals surface area contributed by atoms with Crippen LogP contribution in [0.2, 0.25) is 0 Å². The first-order chi connectivity index (χ1) is 15.0. The van der Waals surface area contributed by atoms with E-state index in [0.29, 0.717) is 23.7 Å². The Balaban J connectivity index is 1.70. The summed E-state index contributed by atoms with van der Waals surface area (Å²) in [5, 5.41) is 0. The van der Waals surface area contributed by atoms with E-state index in [2.05, 4.69) is 25.7 Å². The summed E-state index contributed by atoms with van der Waals surface area (Å²) in [5.74, 6) is 5.44. The minimum atomic E-state index is -0.688. The van der Waals surface area contributed by atoms with Gasteiger partial charge in [0.05, 0.1) is 18.8 Å². The van der Waals surface area contributed by atoms with Gasteiger partial charge in [0.2, 0.25) is 0 Å². The lowest BCUT2D eigenvalue weighted by Gasteiger charge is -2.11. The summed E-state index contributed by atoms with van der Waals surface area (Å²) in [6.07, 6.45) is 1.09. The van der Waals surface area contributed by atoms with E-state index < -0.39 is 11.6 Å². The van der Waals surface area contributed by atoms with Crippen LogP contribution in [-0.2, 0) is 11.3 Å². The highest BCUT2D eigenvalue weighted by molar-refractivity contribution is 5.65. The summed E-state index contributed by atoms with van der Waals surface area (Å²) < 4.78 is 39.0. The Hall–Kier alpha value is -3.16. The second-order valence-electron chi connectivity index (χ2n) is 7.54. The highest BCUT2D eigenvalue weighted by Gasteiger charge is 2.09. The molecule has 3 aromatic rings. The monoisotopic (exact) mass is 420 g/mol. The highest BCUT2D eigenvalue weighted by Crippen LogP contribution is 2.23. The summed E-state index contributed by atoms with van der Waals surface area (Å²) in [5.41, 5.74) is 2.96. The van der Waals surface area contributed by atoms with Crippen LogP contribution in [0, 0.1) is 29.4 Å². The molecule has 0 amide bonds. The Bertz CT molecular complexity index is 1040. The van der Waals surface area contributed by atoms with Crippen molar-refractivity contribution < 1.29 is 18.3 Å². The maximum atomic E-state index is 14.2. The van der Waals surface area contributed by atoms with Crippen molar-refractivity contribution in [3.05, 3.63) is 89.0 Å². The standard InChI is InChI=1S/C27H26F2O2/c1-4-19(2)17-31-24-12-10-23(11-13-24)22-8-5-20(6-9-22)7-14-25-26(28)15-21(18-30-3)16-27(25)29/h5-6,8-13,15-16,19H,4,17-18H2,1-3H3. The predicted molar refractivity (Wildman–Crippen MR) is 120 cm³/mol. The van der Waals surface area contributed by atoms with Gasteiger partial charge in [-0.2, -0.15) is 0 Å². The maximum absolute atomic E-state index is 14.2. The maximum Gasteiger partial charge on any atom is 0.142 e. The fourth-order valence-corrected chi connectivity index (χ4v) is 2.98. The van der Waals surface area contributed by atoms with Crippen LogP contribution < -0.4 is 4.74 Å². The molecule has 0 saturated heterocycles. The average Bonchev–Trinajstić information content (AvgIpc) is 2.78. The second-order valence-corrected chi connectivity index (χ2v) is 7.54. The molecule has 1 atom stereocenters. The fourth-order valence-electron chi connectivity index (χ4n) is 2.98. The second kappa shape index (κ2) is 10.7. The molecule has 3 aromatic carbocycles. The van der Waals surface area contributed by atoms with Gasteiger partial charge < -0.3 is 9.47 Å². The zero-order valence-electron chi connectivity index (χ0n) is 18.0. The third-order valence-corrected chi connectivity index (χ3v) is 5.05. The molecule has 0 N–H and O–H groups in total. The number of methoxy groups -OCH3 is 1. The van der Waals surface area contributed by atoms with Gasteiger partial charge in [0.25, 0.3) is 0 Å². The van der Waals surface area contributed by atoms with Gasteiger partial charge in [0.15, 0.2) is 0 Å². The van der Waals surface area contributed by atoms with Crippen molar-refractivity contribution >= 4 is 0 Å². The molecule has 3 rings (SSSR count). The highest BCUT2D eigenvalue weighted by atomic mass is 19.1. The van der Waals surface area contributed by atoms with E-state index >= 15 is 0 Å². The Morgan fingerprint density at radius 3 is 2.00 bits per heavy atom. The van der Waals surface area contributed by atoms with Crippen molar-refractivity contribution in [3.8, 4) is 28.7 Å². The van der Waals surface area contributed by atoms with Gasteiger partial charge in [-0.1, -0.05) is 56.4 Å². The SMILES string of the molecule is CCC(C)COc1ccc(-c2ccc(C#Cc3c(F)cc(COC)cc3F)cc2)cc1. The fraction of sp³-hybridized carbons (Fsp3) is 0.259. The van der Waals surface area contributed by atoms with Crippen LogP contribution in [0.3, 0.4) is 0 Å². The number of benzene rings is 3. The largest absolute Gasteiger partial charge is 0.493 e. The molecule has 0 aliphatic carbocycles. The molecule has 0 saturated carbocycles. The van der Waals surface area contributed by atoms with Gasteiger partial charge in [-0.05, 0) is 59.0 Å². The van der Waals surface area contributed by atoms with Crippen LogP contribution >= 0.6 is 0 Å². The average molecular weight is 420 g/mol. The number of halogens is 2. The van der Waals surface area contributed by atoms with Gasteiger partial charge in [-0.15, -0.1) is 0 Å². The number of hydrogen-bond acceptors (Lipinski definition) is 2. The lowest BCUT2D eigenvalue weighted by atomic mass is 10.0. The Morgan fingerprint density at radius 1 is 0.871 bits per heavy atom. The molecular formula is C27H26F2O2. The summed E-state index contributed by atoms with van der Waals surface area (Å²) in [7, 11) is 1.48. The van der Waals surface area contributed by atoms with E-state index in [9.17, 15) is 8.78 Å². The minimum absolute atomic E-state index is 0.147. The van der Waals surface area contributed by atoms with Crippen LogP contribution in [0.5, 0.6) is 5.75 Å². The van der Waals surface area contributed by atoms with Crippen molar-refractivity contribution in [2.45, 2.75) is 26.9 Å².